The lowest BCUT2D eigenvalue weighted by molar-refractivity contribution is -0.704. The van der Waals surface area contributed by atoms with Gasteiger partial charge in [-0.2, -0.15) is 0 Å². The average molecular weight is 532 g/mol. The zero-order valence-corrected chi connectivity index (χ0v) is 26.8. The van der Waals surface area contributed by atoms with E-state index in [-0.39, 0.29) is 0 Å². The van der Waals surface area contributed by atoms with E-state index in [0.29, 0.717) is 0 Å². The van der Waals surface area contributed by atoms with Gasteiger partial charge >= 0.3 is 0 Å². The van der Waals surface area contributed by atoms with Gasteiger partial charge in [-0.25, -0.2) is 9.13 Å². The Hall–Kier alpha value is -0.790. The quantitative estimate of drug-likeness (QED) is 0.0689. The number of nitrogens with zero attached hydrogens (tertiary/aromatic N) is 2. The van der Waals surface area contributed by atoms with Gasteiger partial charge < -0.3 is 0 Å². The maximum absolute atomic E-state index is 2.61. The topological polar surface area (TPSA) is 8.81 Å². The highest BCUT2D eigenvalue weighted by Gasteiger charge is 2.16. The Morgan fingerprint density at radius 1 is 0.447 bits per heavy atom. The minimum absolute atomic E-state index is 1.22. The Balaban J connectivity index is 2.19. The zero-order valence-electron chi connectivity index (χ0n) is 26.8. The van der Waals surface area contributed by atoms with E-state index in [1.807, 2.05) is 0 Å². The number of aryl methyl sites for hydroxylation is 2. The molecule has 0 aliphatic rings. The van der Waals surface area contributed by atoms with Crippen molar-refractivity contribution in [1.29, 1.82) is 0 Å². The van der Waals surface area contributed by atoms with Crippen molar-refractivity contribution in [3.8, 4) is 0 Å². The van der Waals surface area contributed by atoms with E-state index in [0.717, 1.165) is 0 Å². The highest BCUT2D eigenvalue weighted by Crippen LogP contribution is 2.15. The molecule has 0 radical (unpaired) electrons. The lowest BCUT2D eigenvalue weighted by Gasteiger charge is -2.07. The van der Waals surface area contributed by atoms with Crippen molar-refractivity contribution in [1.82, 2.24) is 4.57 Å². The molecular formula is C36H71N2+. The summed E-state index contributed by atoms with van der Waals surface area (Å²) >= 11 is 0. The maximum atomic E-state index is 2.61. The first kappa shape index (κ1) is 35.2. The molecule has 0 saturated heterocycles. The minimum Gasteiger partial charge on any atom is -0.234 e. The molecule has 0 amide bonds. The normalized spacial score (nSPS) is 11.6. The van der Waals surface area contributed by atoms with E-state index in [1.54, 1.807) is 5.82 Å². The summed E-state index contributed by atoms with van der Waals surface area (Å²) in [5, 5.41) is 0. The van der Waals surface area contributed by atoms with Crippen LogP contribution in [0.2, 0.25) is 0 Å². The third kappa shape index (κ3) is 20.2. The van der Waals surface area contributed by atoms with Gasteiger partial charge in [-0.05, 0) is 32.1 Å². The van der Waals surface area contributed by atoms with Crippen LogP contribution in [0.5, 0.6) is 0 Å². The monoisotopic (exact) mass is 532 g/mol. The standard InChI is InChI=1S/C36H71N2/c1-4-7-10-12-14-16-18-20-22-24-26-28-31-36-37(32-29-9-6-3)34-35-38(36)33-30-27-25-23-21-19-17-15-13-11-8-5-2/h34-35H,4-33H2,1-3H3/q+1. The molecule has 0 spiro atoms. The first-order valence-electron chi connectivity index (χ1n) is 17.9. The smallest absolute Gasteiger partial charge is 0.234 e. The fourth-order valence-corrected chi connectivity index (χ4v) is 5.97. The molecule has 0 saturated carbocycles. The van der Waals surface area contributed by atoms with Gasteiger partial charge in [-0.1, -0.05) is 162 Å². The first-order chi connectivity index (χ1) is 18.8. The molecule has 0 aromatic carbocycles. The van der Waals surface area contributed by atoms with E-state index in [4.69, 9.17) is 0 Å². The molecular weight excluding hydrogens is 460 g/mol. The van der Waals surface area contributed by atoms with E-state index in [2.05, 4.69) is 42.3 Å². The molecule has 2 heteroatoms. The fourth-order valence-electron chi connectivity index (χ4n) is 5.97. The molecule has 38 heavy (non-hydrogen) atoms. The second-order valence-corrected chi connectivity index (χ2v) is 12.3. The maximum Gasteiger partial charge on any atom is 0.256 e. The summed E-state index contributed by atoms with van der Waals surface area (Å²) in [7, 11) is 0. The van der Waals surface area contributed by atoms with Gasteiger partial charge in [0, 0.05) is 6.42 Å². The van der Waals surface area contributed by atoms with Crippen molar-refractivity contribution in [3.05, 3.63) is 18.2 Å². The summed E-state index contributed by atoms with van der Waals surface area (Å²) in [4.78, 5) is 0. The lowest BCUT2D eigenvalue weighted by Crippen LogP contribution is -2.37. The summed E-state index contributed by atoms with van der Waals surface area (Å²) < 4.78 is 5.20. The summed E-state index contributed by atoms with van der Waals surface area (Å²) in [6.45, 7) is 9.38. The minimum atomic E-state index is 1.22. The average Bonchev–Trinajstić information content (AvgIpc) is 3.31. The summed E-state index contributed by atoms with van der Waals surface area (Å²) in [5.41, 5.74) is 0. The third-order valence-electron chi connectivity index (χ3n) is 8.60. The van der Waals surface area contributed by atoms with Crippen LogP contribution in [0.1, 0.15) is 200 Å². The summed E-state index contributed by atoms with van der Waals surface area (Å²) in [5.74, 6) is 1.61. The molecule has 0 unspecified atom stereocenters. The predicted molar refractivity (Wildman–Crippen MR) is 170 cm³/mol. The second kappa shape index (κ2) is 27.8. The van der Waals surface area contributed by atoms with Crippen molar-refractivity contribution in [3.63, 3.8) is 0 Å². The van der Waals surface area contributed by atoms with Crippen LogP contribution in [0.15, 0.2) is 12.4 Å². The van der Waals surface area contributed by atoms with Gasteiger partial charge in [0.05, 0.1) is 13.1 Å². The highest BCUT2D eigenvalue weighted by atomic mass is 15.1. The predicted octanol–water partition coefficient (Wildman–Crippen LogP) is 11.9. The number of hydrogen-bond donors (Lipinski definition) is 0. The molecule has 0 aliphatic heterocycles. The van der Waals surface area contributed by atoms with Crippen LogP contribution in [0.3, 0.4) is 0 Å². The SMILES string of the molecule is CCCCCCCCCCCCCCc1n(CCCCCCCCCCCCCC)cc[n+]1CCCCC. The molecule has 1 heterocycles. The van der Waals surface area contributed by atoms with Crippen molar-refractivity contribution in [2.24, 2.45) is 0 Å². The first-order valence-corrected chi connectivity index (χ1v) is 17.9. The fraction of sp³-hybridized carbons (Fsp3) is 0.917. The van der Waals surface area contributed by atoms with Gasteiger partial charge in [0.2, 0.25) is 0 Å². The van der Waals surface area contributed by atoms with Crippen molar-refractivity contribution < 1.29 is 4.57 Å². The lowest BCUT2D eigenvalue weighted by atomic mass is 10.0. The number of aromatic nitrogens is 2. The molecule has 0 N–H and O–H groups in total. The second-order valence-electron chi connectivity index (χ2n) is 12.3. The Morgan fingerprint density at radius 2 is 0.816 bits per heavy atom. The van der Waals surface area contributed by atoms with Gasteiger partial charge in [0.15, 0.2) is 0 Å². The molecule has 224 valence electrons. The van der Waals surface area contributed by atoms with E-state index < -0.39 is 0 Å². The van der Waals surface area contributed by atoms with Crippen LogP contribution in [0.25, 0.3) is 0 Å². The third-order valence-corrected chi connectivity index (χ3v) is 8.60. The molecule has 2 nitrogen and oxygen atoms in total. The zero-order chi connectivity index (χ0) is 27.4. The molecule has 0 aliphatic carbocycles. The van der Waals surface area contributed by atoms with Crippen LogP contribution < -0.4 is 4.57 Å². The molecule has 0 fully saturated rings. The largest absolute Gasteiger partial charge is 0.256 e. The molecule has 1 aromatic heterocycles. The van der Waals surface area contributed by atoms with Crippen molar-refractivity contribution >= 4 is 0 Å². The van der Waals surface area contributed by atoms with Gasteiger partial charge in [-0.15, -0.1) is 0 Å². The molecule has 1 rings (SSSR count). The van der Waals surface area contributed by atoms with Crippen LogP contribution >= 0.6 is 0 Å². The Bertz CT molecular complexity index is 590. The van der Waals surface area contributed by atoms with Crippen LogP contribution in [-0.4, -0.2) is 4.57 Å². The van der Waals surface area contributed by atoms with Gasteiger partial charge in [-0.3, -0.25) is 0 Å². The molecule has 0 atom stereocenters. The van der Waals surface area contributed by atoms with Gasteiger partial charge in [0.25, 0.3) is 5.82 Å². The number of rotatable bonds is 30. The number of imidazole rings is 1. The number of hydrogen-bond acceptors (Lipinski definition) is 0. The van der Waals surface area contributed by atoms with Crippen LogP contribution in [0.4, 0.5) is 0 Å². The molecule has 1 aromatic rings. The van der Waals surface area contributed by atoms with E-state index >= 15 is 0 Å². The van der Waals surface area contributed by atoms with Gasteiger partial charge in [0.1, 0.15) is 12.4 Å². The van der Waals surface area contributed by atoms with E-state index in [9.17, 15) is 0 Å². The van der Waals surface area contributed by atoms with Crippen LogP contribution in [-0.2, 0) is 19.5 Å². The molecule has 0 bridgehead atoms. The van der Waals surface area contributed by atoms with Crippen molar-refractivity contribution in [2.75, 3.05) is 0 Å². The Labute approximate surface area is 240 Å². The van der Waals surface area contributed by atoms with E-state index in [1.165, 1.54) is 193 Å². The summed E-state index contributed by atoms with van der Waals surface area (Å²) in [6.07, 6.45) is 44.5. The number of unbranched alkanes of at least 4 members (excludes halogenated alkanes) is 24. The van der Waals surface area contributed by atoms with Crippen molar-refractivity contribution in [2.45, 2.75) is 214 Å². The van der Waals surface area contributed by atoms with Crippen LogP contribution in [0, 0.1) is 0 Å². The Kier molecular flexibility index (Phi) is 25.7. The Morgan fingerprint density at radius 3 is 1.26 bits per heavy atom. The highest BCUT2D eigenvalue weighted by molar-refractivity contribution is 4.84. The summed E-state index contributed by atoms with van der Waals surface area (Å²) in [6, 6.07) is 0.